The molecule has 1 aromatic heterocycles. The predicted octanol–water partition coefficient (Wildman–Crippen LogP) is 4.84. The molecule has 1 aromatic carbocycles. The van der Waals surface area contributed by atoms with Crippen molar-refractivity contribution in [2.24, 2.45) is 0 Å². The van der Waals surface area contributed by atoms with Crippen LogP contribution in [0.3, 0.4) is 0 Å². The van der Waals surface area contributed by atoms with Crippen molar-refractivity contribution in [3.63, 3.8) is 0 Å². The second-order valence-corrected chi connectivity index (χ2v) is 6.21. The van der Waals surface area contributed by atoms with E-state index in [0.717, 1.165) is 24.3 Å². The molecule has 3 rings (SSSR count). The quantitative estimate of drug-likeness (QED) is 0.757. The molecule has 0 spiro atoms. The Bertz CT molecular complexity index is 663. The third-order valence-corrected chi connectivity index (χ3v) is 4.71. The summed E-state index contributed by atoms with van der Waals surface area (Å²) in [4.78, 5) is 3.04. The summed E-state index contributed by atoms with van der Waals surface area (Å²) in [5.74, 6) is 0. The van der Waals surface area contributed by atoms with Gasteiger partial charge in [0.1, 0.15) is 0 Å². The van der Waals surface area contributed by atoms with E-state index in [9.17, 15) is 0 Å². The molecule has 1 aliphatic rings. The molecule has 0 saturated carbocycles. The van der Waals surface area contributed by atoms with E-state index in [0.29, 0.717) is 15.9 Å². The lowest BCUT2D eigenvalue weighted by molar-refractivity contribution is 0.107. The SMILES string of the molecule is CCC1CCCCN1Cn1c(=S)oc2ccc(Cl)cc21. The van der Waals surface area contributed by atoms with Gasteiger partial charge in [-0.15, -0.1) is 0 Å². The van der Waals surface area contributed by atoms with Crippen LogP contribution in [0.2, 0.25) is 5.02 Å². The van der Waals surface area contributed by atoms with Crippen LogP contribution in [-0.4, -0.2) is 22.1 Å². The summed E-state index contributed by atoms with van der Waals surface area (Å²) in [5, 5.41) is 0.715. The minimum atomic E-state index is 0.530. The fourth-order valence-corrected chi connectivity index (χ4v) is 3.47. The second kappa shape index (κ2) is 5.88. The minimum absolute atomic E-state index is 0.530. The molecule has 0 amide bonds. The molecule has 5 heteroatoms. The molecular formula is C15H19ClN2OS. The molecule has 2 aromatic rings. The number of hydrogen-bond acceptors (Lipinski definition) is 3. The Kier molecular flexibility index (Phi) is 4.15. The average Bonchev–Trinajstić information content (AvgIpc) is 2.76. The number of halogens is 1. The first-order chi connectivity index (χ1) is 9.69. The van der Waals surface area contributed by atoms with Gasteiger partial charge in [-0.1, -0.05) is 24.9 Å². The summed E-state index contributed by atoms with van der Waals surface area (Å²) in [6, 6.07) is 6.30. The topological polar surface area (TPSA) is 21.3 Å². The first-order valence-corrected chi connectivity index (χ1v) is 8.00. The Labute approximate surface area is 129 Å². The van der Waals surface area contributed by atoms with E-state index < -0.39 is 0 Å². The maximum Gasteiger partial charge on any atom is 0.270 e. The molecule has 1 saturated heterocycles. The van der Waals surface area contributed by atoms with E-state index in [1.165, 1.54) is 25.7 Å². The highest BCUT2D eigenvalue weighted by atomic mass is 35.5. The van der Waals surface area contributed by atoms with E-state index in [4.69, 9.17) is 28.2 Å². The minimum Gasteiger partial charge on any atom is -0.429 e. The van der Waals surface area contributed by atoms with Crippen LogP contribution in [0.5, 0.6) is 0 Å². The van der Waals surface area contributed by atoms with Gasteiger partial charge in [-0.25, -0.2) is 0 Å². The Hall–Kier alpha value is -0.840. The molecular weight excluding hydrogens is 292 g/mol. The number of hydrogen-bond donors (Lipinski definition) is 0. The third kappa shape index (κ3) is 2.65. The van der Waals surface area contributed by atoms with Crippen LogP contribution in [0.1, 0.15) is 32.6 Å². The number of piperidine rings is 1. The van der Waals surface area contributed by atoms with Crippen molar-refractivity contribution in [1.29, 1.82) is 0 Å². The number of benzene rings is 1. The van der Waals surface area contributed by atoms with Gasteiger partial charge in [-0.05, 0) is 49.7 Å². The molecule has 1 aliphatic heterocycles. The molecule has 0 bridgehead atoms. The van der Waals surface area contributed by atoms with Gasteiger partial charge in [0.2, 0.25) is 0 Å². The predicted molar refractivity (Wildman–Crippen MR) is 84.7 cm³/mol. The van der Waals surface area contributed by atoms with Gasteiger partial charge in [-0.2, -0.15) is 0 Å². The van der Waals surface area contributed by atoms with Gasteiger partial charge in [0, 0.05) is 17.6 Å². The van der Waals surface area contributed by atoms with Crippen molar-refractivity contribution in [2.45, 2.75) is 45.3 Å². The highest BCUT2D eigenvalue weighted by Gasteiger charge is 2.22. The third-order valence-electron chi connectivity index (χ3n) is 4.17. The van der Waals surface area contributed by atoms with Crippen molar-refractivity contribution >= 4 is 34.9 Å². The standard InChI is InChI=1S/C15H19ClN2OS/c1-2-12-5-3-4-8-17(12)10-18-13-9-11(16)6-7-14(13)19-15(18)20/h6-7,9,12H,2-5,8,10H2,1H3. The smallest absolute Gasteiger partial charge is 0.270 e. The molecule has 0 N–H and O–H groups in total. The molecule has 1 atom stereocenters. The summed E-state index contributed by atoms with van der Waals surface area (Å²) < 4.78 is 7.72. The second-order valence-electron chi connectivity index (χ2n) is 5.42. The highest BCUT2D eigenvalue weighted by molar-refractivity contribution is 7.71. The summed E-state index contributed by atoms with van der Waals surface area (Å²) >= 11 is 11.5. The zero-order valence-electron chi connectivity index (χ0n) is 11.6. The molecule has 108 valence electrons. The summed E-state index contributed by atoms with van der Waals surface area (Å²) in [6.07, 6.45) is 5.06. The number of rotatable bonds is 3. The number of likely N-dealkylation sites (tertiary alicyclic amines) is 1. The number of nitrogens with zero attached hydrogens (tertiary/aromatic N) is 2. The van der Waals surface area contributed by atoms with E-state index in [1.54, 1.807) is 0 Å². The zero-order chi connectivity index (χ0) is 14.1. The Morgan fingerprint density at radius 3 is 3.05 bits per heavy atom. The molecule has 0 aliphatic carbocycles. The van der Waals surface area contributed by atoms with Crippen molar-refractivity contribution < 1.29 is 4.42 Å². The van der Waals surface area contributed by atoms with Crippen LogP contribution in [0.15, 0.2) is 22.6 Å². The number of oxazole rings is 1. The van der Waals surface area contributed by atoms with Crippen molar-refractivity contribution in [2.75, 3.05) is 6.54 Å². The monoisotopic (exact) mass is 310 g/mol. The number of aromatic nitrogens is 1. The van der Waals surface area contributed by atoms with Crippen molar-refractivity contribution in [1.82, 2.24) is 9.47 Å². The van der Waals surface area contributed by atoms with Gasteiger partial charge < -0.3 is 4.42 Å². The molecule has 3 nitrogen and oxygen atoms in total. The van der Waals surface area contributed by atoms with Crippen LogP contribution in [0.4, 0.5) is 0 Å². The fourth-order valence-electron chi connectivity index (χ4n) is 3.06. The Morgan fingerprint density at radius 2 is 2.25 bits per heavy atom. The van der Waals surface area contributed by atoms with Gasteiger partial charge in [0.15, 0.2) is 5.58 Å². The van der Waals surface area contributed by atoms with Gasteiger partial charge in [0.25, 0.3) is 4.84 Å². The molecule has 2 heterocycles. The van der Waals surface area contributed by atoms with Crippen LogP contribution in [-0.2, 0) is 6.67 Å². The molecule has 1 unspecified atom stereocenters. The lowest BCUT2D eigenvalue weighted by atomic mass is 10.0. The average molecular weight is 311 g/mol. The summed E-state index contributed by atoms with van der Waals surface area (Å²) in [7, 11) is 0. The maximum absolute atomic E-state index is 6.10. The maximum atomic E-state index is 6.10. The normalized spacial score (nSPS) is 20.6. The van der Waals surface area contributed by atoms with Gasteiger partial charge in [-0.3, -0.25) is 9.47 Å². The summed E-state index contributed by atoms with van der Waals surface area (Å²) in [5.41, 5.74) is 1.80. The molecule has 1 fully saturated rings. The molecule has 0 radical (unpaired) electrons. The largest absolute Gasteiger partial charge is 0.429 e. The van der Waals surface area contributed by atoms with Crippen LogP contribution < -0.4 is 0 Å². The van der Waals surface area contributed by atoms with Gasteiger partial charge in [0.05, 0.1) is 12.2 Å². The van der Waals surface area contributed by atoms with E-state index >= 15 is 0 Å². The Morgan fingerprint density at radius 1 is 1.40 bits per heavy atom. The molecule has 20 heavy (non-hydrogen) atoms. The first-order valence-electron chi connectivity index (χ1n) is 7.22. The summed E-state index contributed by atoms with van der Waals surface area (Å²) in [6.45, 7) is 4.19. The van der Waals surface area contributed by atoms with E-state index in [-0.39, 0.29) is 0 Å². The van der Waals surface area contributed by atoms with Crippen molar-refractivity contribution in [3.8, 4) is 0 Å². The lowest BCUT2D eigenvalue weighted by Gasteiger charge is -2.35. The Balaban J connectivity index is 1.95. The van der Waals surface area contributed by atoms with Crippen LogP contribution in [0.25, 0.3) is 11.1 Å². The first kappa shape index (κ1) is 14.1. The lowest BCUT2D eigenvalue weighted by Crippen LogP contribution is -2.40. The fraction of sp³-hybridized carbons (Fsp3) is 0.533. The highest BCUT2D eigenvalue weighted by Crippen LogP contribution is 2.25. The van der Waals surface area contributed by atoms with Gasteiger partial charge >= 0.3 is 0 Å². The number of fused-ring (bicyclic) bond motifs is 1. The van der Waals surface area contributed by atoms with Crippen molar-refractivity contribution in [3.05, 3.63) is 28.1 Å². The van der Waals surface area contributed by atoms with Crippen LogP contribution >= 0.6 is 23.8 Å². The van der Waals surface area contributed by atoms with E-state index in [2.05, 4.69) is 16.4 Å². The van der Waals surface area contributed by atoms with Crippen LogP contribution in [0, 0.1) is 4.84 Å². The van der Waals surface area contributed by atoms with E-state index in [1.807, 2.05) is 18.2 Å². The zero-order valence-corrected chi connectivity index (χ0v) is 13.2.